The number of aliphatic hydroxyl groups is 1. The molecule has 5 rings (SSSR count). The zero-order chi connectivity index (χ0) is 23.8. The van der Waals surface area contributed by atoms with E-state index < -0.39 is 0 Å². The van der Waals surface area contributed by atoms with Crippen LogP contribution >= 0.6 is 15.9 Å². The second-order valence-electron chi connectivity index (χ2n) is 8.70. The molecule has 0 fully saturated rings. The van der Waals surface area contributed by atoms with Crippen LogP contribution in [0.5, 0.6) is 5.75 Å². The maximum atomic E-state index is 9.83. The predicted molar refractivity (Wildman–Crippen MR) is 139 cm³/mol. The number of para-hydroxylation sites is 1. The molecule has 0 atom stereocenters. The first-order chi connectivity index (χ1) is 16.5. The molecule has 0 aliphatic carbocycles. The van der Waals surface area contributed by atoms with E-state index in [1.165, 1.54) is 5.56 Å². The summed E-state index contributed by atoms with van der Waals surface area (Å²) < 4.78 is 10.7. The van der Waals surface area contributed by atoms with Crippen LogP contribution in [0.2, 0.25) is 0 Å². The second-order valence-corrected chi connectivity index (χ2v) is 9.49. The number of halogens is 1. The molecule has 1 N–H and O–H groups in total. The van der Waals surface area contributed by atoms with Crippen molar-refractivity contribution in [3.8, 4) is 17.1 Å². The summed E-state index contributed by atoms with van der Waals surface area (Å²) in [5, 5.41) is 15.5. The fourth-order valence-electron chi connectivity index (χ4n) is 4.44. The molecule has 0 amide bonds. The number of hydrogen-bond donors (Lipinski definition) is 1. The number of hydrogen-bond acceptors (Lipinski definition) is 4. The molecule has 2 aromatic heterocycles. The minimum Gasteiger partial charge on any atom is -0.494 e. The van der Waals surface area contributed by atoms with E-state index >= 15 is 0 Å². The maximum absolute atomic E-state index is 9.83. The van der Waals surface area contributed by atoms with Gasteiger partial charge in [0.1, 0.15) is 22.6 Å². The van der Waals surface area contributed by atoms with Crippen molar-refractivity contribution < 1.29 is 9.84 Å². The van der Waals surface area contributed by atoms with Gasteiger partial charge in [0.25, 0.3) is 0 Å². The first-order valence-corrected chi connectivity index (χ1v) is 12.2. The van der Waals surface area contributed by atoms with Gasteiger partial charge >= 0.3 is 0 Å². The molecule has 174 valence electrons. The Bertz CT molecular complexity index is 1470. The highest BCUT2D eigenvalue weighted by atomic mass is 79.9. The third-order valence-electron chi connectivity index (χ3n) is 6.25. The molecule has 2 heterocycles. The average Bonchev–Trinajstić information content (AvgIpc) is 3.43. The third-order valence-corrected chi connectivity index (χ3v) is 7.13. The van der Waals surface area contributed by atoms with Crippen molar-refractivity contribution in [3.63, 3.8) is 0 Å². The van der Waals surface area contributed by atoms with Crippen molar-refractivity contribution in [2.24, 2.45) is 0 Å². The quantitative estimate of drug-likeness (QED) is 0.287. The summed E-state index contributed by atoms with van der Waals surface area (Å²) in [5.74, 6) is 1.98. The molecule has 0 aliphatic rings. The summed E-state index contributed by atoms with van der Waals surface area (Å²) in [6.45, 7) is 5.37. The van der Waals surface area contributed by atoms with Gasteiger partial charge in [-0.05, 0) is 45.1 Å². The highest BCUT2D eigenvalue weighted by Gasteiger charge is 2.21. The predicted octanol–water partition coefficient (Wildman–Crippen LogP) is 5.99. The summed E-state index contributed by atoms with van der Waals surface area (Å²) >= 11 is 3.82. The molecule has 0 aliphatic heterocycles. The van der Waals surface area contributed by atoms with Gasteiger partial charge in [0.15, 0.2) is 0 Å². The van der Waals surface area contributed by atoms with Crippen LogP contribution in [0, 0.1) is 0 Å². The highest BCUT2D eigenvalue weighted by Crippen LogP contribution is 2.38. The summed E-state index contributed by atoms with van der Waals surface area (Å²) in [7, 11) is 1.67. The SMILES string of the molecule is COc1cc(Cn2ncc3ccccc32)c(Br)c2nc(-c3ccc(C(C)C)cc3)n(CCO)c12. The van der Waals surface area contributed by atoms with Crippen molar-refractivity contribution in [1.29, 1.82) is 0 Å². The topological polar surface area (TPSA) is 65.1 Å². The van der Waals surface area contributed by atoms with E-state index in [9.17, 15) is 5.11 Å². The number of benzene rings is 3. The Labute approximate surface area is 206 Å². The number of imidazole rings is 1. The van der Waals surface area contributed by atoms with E-state index in [4.69, 9.17) is 9.72 Å². The third kappa shape index (κ3) is 3.89. The van der Waals surface area contributed by atoms with E-state index in [1.54, 1.807) is 7.11 Å². The molecule has 5 aromatic rings. The molecule has 6 nitrogen and oxygen atoms in total. The minimum absolute atomic E-state index is 0.00430. The maximum Gasteiger partial charge on any atom is 0.145 e. The van der Waals surface area contributed by atoms with Crippen LogP contribution < -0.4 is 4.74 Å². The lowest BCUT2D eigenvalue weighted by molar-refractivity contribution is 0.278. The normalized spacial score (nSPS) is 11.7. The van der Waals surface area contributed by atoms with Gasteiger partial charge < -0.3 is 14.4 Å². The molecule has 7 heteroatoms. The van der Waals surface area contributed by atoms with Crippen molar-refractivity contribution in [2.45, 2.75) is 32.9 Å². The van der Waals surface area contributed by atoms with Crippen molar-refractivity contribution in [2.75, 3.05) is 13.7 Å². The van der Waals surface area contributed by atoms with Gasteiger partial charge in [-0.2, -0.15) is 5.10 Å². The molecule has 0 spiro atoms. The Morgan fingerprint density at radius 3 is 2.56 bits per heavy atom. The summed E-state index contributed by atoms with van der Waals surface area (Å²) in [4.78, 5) is 5.03. The van der Waals surface area contributed by atoms with Gasteiger partial charge in [-0.1, -0.05) is 56.3 Å². The van der Waals surface area contributed by atoms with Crippen molar-refractivity contribution >= 4 is 37.9 Å². The Morgan fingerprint density at radius 2 is 1.85 bits per heavy atom. The van der Waals surface area contributed by atoms with Crippen LogP contribution in [0.25, 0.3) is 33.3 Å². The lowest BCUT2D eigenvalue weighted by Crippen LogP contribution is -2.06. The lowest BCUT2D eigenvalue weighted by Gasteiger charge is -2.13. The Balaban J connectivity index is 1.67. The van der Waals surface area contributed by atoms with E-state index in [-0.39, 0.29) is 6.61 Å². The van der Waals surface area contributed by atoms with Crippen LogP contribution in [0.4, 0.5) is 0 Å². The van der Waals surface area contributed by atoms with E-state index in [0.717, 1.165) is 49.1 Å². The molecule has 0 unspecified atom stereocenters. The molecular formula is C27H27BrN4O2. The number of nitrogens with zero attached hydrogens (tertiary/aromatic N) is 4. The van der Waals surface area contributed by atoms with Crippen LogP contribution in [-0.2, 0) is 13.1 Å². The number of methoxy groups -OCH3 is 1. The van der Waals surface area contributed by atoms with Gasteiger partial charge in [0.05, 0.1) is 36.4 Å². The van der Waals surface area contributed by atoms with Gasteiger partial charge in [-0.3, -0.25) is 4.68 Å². The van der Waals surface area contributed by atoms with Crippen LogP contribution in [0.15, 0.2) is 65.3 Å². The van der Waals surface area contributed by atoms with Gasteiger partial charge in [-0.15, -0.1) is 0 Å². The van der Waals surface area contributed by atoms with E-state index in [0.29, 0.717) is 19.0 Å². The van der Waals surface area contributed by atoms with Gasteiger partial charge in [0, 0.05) is 17.5 Å². The first kappa shape index (κ1) is 22.6. The number of ether oxygens (including phenoxy) is 1. The standard InChI is InChI=1S/C27H27BrN4O2/c1-17(2)18-8-10-19(11-9-18)27-30-25-24(28)21(14-23(34-3)26(25)31(27)12-13-33)16-32-22-7-5-4-6-20(22)15-29-32/h4-11,14-15,17,33H,12-13,16H2,1-3H3. The number of rotatable bonds is 7. The molecule has 3 aromatic carbocycles. The zero-order valence-electron chi connectivity index (χ0n) is 19.5. The van der Waals surface area contributed by atoms with E-state index in [1.807, 2.05) is 33.6 Å². The van der Waals surface area contributed by atoms with Crippen LogP contribution in [-0.4, -0.2) is 38.2 Å². The summed E-state index contributed by atoms with van der Waals surface area (Å²) in [5.41, 5.74) is 6.05. The number of fused-ring (bicyclic) bond motifs is 2. The average molecular weight is 519 g/mol. The summed E-state index contributed by atoms with van der Waals surface area (Å²) in [6.07, 6.45) is 1.88. The molecular weight excluding hydrogens is 492 g/mol. The molecule has 34 heavy (non-hydrogen) atoms. The minimum atomic E-state index is 0.00430. The molecule has 0 bridgehead atoms. The first-order valence-electron chi connectivity index (χ1n) is 11.4. The van der Waals surface area contributed by atoms with Crippen LogP contribution in [0.1, 0.15) is 30.9 Å². The Morgan fingerprint density at radius 1 is 1.09 bits per heavy atom. The highest BCUT2D eigenvalue weighted by molar-refractivity contribution is 9.10. The molecule has 0 saturated carbocycles. The molecule has 0 radical (unpaired) electrons. The second kappa shape index (κ2) is 9.24. The van der Waals surface area contributed by atoms with Crippen molar-refractivity contribution in [3.05, 3.63) is 76.4 Å². The van der Waals surface area contributed by atoms with E-state index in [2.05, 4.69) is 71.3 Å². The molecule has 0 saturated heterocycles. The van der Waals surface area contributed by atoms with Crippen molar-refractivity contribution in [1.82, 2.24) is 19.3 Å². The smallest absolute Gasteiger partial charge is 0.145 e. The van der Waals surface area contributed by atoms with Gasteiger partial charge in [-0.25, -0.2) is 4.98 Å². The van der Waals surface area contributed by atoms with Crippen LogP contribution in [0.3, 0.4) is 0 Å². The number of aliphatic hydroxyl groups excluding tert-OH is 1. The Hall–Kier alpha value is -3.16. The largest absolute Gasteiger partial charge is 0.494 e. The fourth-order valence-corrected chi connectivity index (χ4v) is 4.95. The monoisotopic (exact) mass is 518 g/mol. The lowest BCUT2D eigenvalue weighted by atomic mass is 10.0. The zero-order valence-corrected chi connectivity index (χ0v) is 21.1. The summed E-state index contributed by atoms with van der Waals surface area (Å²) in [6, 6.07) is 18.7. The fraction of sp³-hybridized carbons (Fsp3) is 0.259. The number of aromatic nitrogens is 4. The van der Waals surface area contributed by atoms with Gasteiger partial charge in [0.2, 0.25) is 0 Å². The Kier molecular flexibility index (Phi) is 6.15.